The minimum atomic E-state index is -0.281. The molecule has 1 aliphatic rings. The molecule has 1 fully saturated rings. The number of hydrogen-bond donors (Lipinski definition) is 0. The van der Waals surface area contributed by atoms with Gasteiger partial charge in [0.15, 0.2) is 0 Å². The fourth-order valence-electron chi connectivity index (χ4n) is 3.57. The molecule has 26 heavy (non-hydrogen) atoms. The monoisotopic (exact) mass is 350 g/mol. The number of carbonyl (C=O) groups excluding carboxylic acids is 2. The van der Waals surface area contributed by atoms with Gasteiger partial charge in [-0.25, -0.2) is 0 Å². The zero-order chi connectivity index (χ0) is 18.7. The zero-order valence-electron chi connectivity index (χ0n) is 15.7. The summed E-state index contributed by atoms with van der Waals surface area (Å²) < 4.78 is 0. The van der Waals surface area contributed by atoms with Crippen molar-refractivity contribution in [3.63, 3.8) is 0 Å². The van der Waals surface area contributed by atoms with Gasteiger partial charge in [-0.15, -0.1) is 0 Å². The standard InChI is InChI=1S/C22H26N2O2/c1-16(2)19-11-7-8-12-20(19)24-15-18(13-21(24)25)22(26)23(3)14-17-9-5-4-6-10-17/h4-12,16,18H,13-15H2,1-3H3. The molecule has 136 valence electrons. The minimum Gasteiger partial charge on any atom is -0.341 e. The predicted molar refractivity (Wildman–Crippen MR) is 104 cm³/mol. The maximum atomic E-state index is 12.8. The maximum Gasteiger partial charge on any atom is 0.228 e. The zero-order valence-corrected chi connectivity index (χ0v) is 15.7. The molecule has 1 aliphatic heterocycles. The molecule has 0 spiro atoms. The third-order valence-electron chi connectivity index (χ3n) is 4.96. The number of rotatable bonds is 5. The lowest BCUT2D eigenvalue weighted by Gasteiger charge is -2.23. The number of hydrogen-bond acceptors (Lipinski definition) is 2. The largest absolute Gasteiger partial charge is 0.341 e. The summed E-state index contributed by atoms with van der Waals surface area (Å²) in [7, 11) is 1.81. The van der Waals surface area contributed by atoms with Gasteiger partial charge in [0, 0.05) is 32.2 Å². The van der Waals surface area contributed by atoms with E-state index in [-0.39, 0.29) is 24.2 Å². The molecule has 0 saturated carbocycles. The fourth-order valence-corrected chi connectivity index (χ4v) is 3.57. The molecule has 1 atom stereocenters. The molecule has 3 rings (SSSR count). The number of para-hydroxylation sites is 1. The molecule has 2 aromatic rings. The Labute approximate surface area is 155 Å². The van der Waals surface area contributed by atoms with E-state index in [0.717, 1.165) is 16.8 Å². The highest BCUT2D eigenvalue weighted by Crippen LogP contribution is 2.32. The van der Waals surface area contributed by atoms with Crippen molar-refractivity contribution in [1.82, 2.24) is 4.90 Å². The Morgan fingerprint density at radius 1 is 1.12 bits per heavy atom. The summed E-state index contributed by atoms with van der Waals surface area (Å²) in [5.74, 6) is 0.113. The fraction of sp³-hybridized carbons (Fsp3) is 0.364. The molecule has 0 bridgehead atoms. The van der Waals surface area contributed by atoms with Gasteiger partial charge in [-0.1, -0.05) is 62.4 Å². The topological polar surface area (TPSA) is 40.6 Å². The van der Waals surface area contributed by atoms with Crippen molar-refractivity contribution < 1.29 is 9.59 Å². The molecule has 1 saturated heterocycles. The van der Waals surface area contributed by atoms with E-state index in [1.807, 2.05) is 55.6 Å². The van der Waals surface area contributed by atoms with Gasteiger partial charge in [0.1, 0.15) is 0 Å². The Kier molecular flexibility index (Phi) is 5.40. The molecular weight excluding hydrogens is 324 g/mol. The molecule has 1 unspecified atom stereocenters. The van der Waals surface area contributed by atoms with E-state index in [0.29, 0.717) is 19.0 Å². The molecule has 2 amide bonds. The smallest absolute Gasteiger partial charge is 0.228 e. The summed E-state index contributed by atoms with van der Waals surface area (Å²) in [4.78, 5) is 29.0. The first kappa shape index (κ1) is 18.2. The van der Waals surface area contributed by atoms with E-state index in [4.69, 9.17) is 0 Å². The van der Waals surface area contributed by atoms with Gasteiger partial charge in [0.2, 0.25) is 11.8 Å². The van der Waals surface area contributed by atoms with Crippen LogP contribution in [0.15, 0.2) is 54.6 Å². The van der Waals surface area contributed by atoms with Crippen LogP contribution in [0.1, 0.15) is 37.3 Å². The van der Waals surface area contributed by atoms with E-state index in [1.165, 1.54) is 0 Å². The Morgan fingerprint density at radius 2 is 1.77 bits per heavy atom. The van der Waals surface area contributed by atoms with Crippen molar-refractivity contribution in [2.75, 3.05) is 18.5 Å². The van der Waals surface area contributed by atoms with Gasteiger partial charge in [-0.05, 0) is 23.1 Å². The first-order valence-electron chi connectivity index (χ1n) is 9.15. The lowest BCUT2D eigenvalue weighted by Crippen LogP contribution is -2.34. The average molecular weight is 350 g/mol. The van der Waals surface area contributed by atoms with Crippen molar-refractivity contribution in [1.29, 1.82) is 0 Å². The van der Waals surface area contributed by atoms with Crippen LogP contribution in [0.3, 0.4) is 0 Å². The van der Waals surface area contributed by atoms with E-state index >= 15 is 0 Å². The molecule has 0 aromatic heterocycles. The maximum absolute atomic E-state index is 12.8. The lowest BCUT2D eigenvalue weighted by atomic mass is 10.0. The summed E-state index contributed by atoms with van der Waals surface area (Å²) in [6, 6.07) is 17.9. The number of nitrogens with zero attached hydrogens (tertiary/aromatic N) is 2. The molecule has 0 radical (unpaired) electrons. The van der Waals surface area contributed by atoms with Crippen LogP contribution in [-0.2, 0) is 16.1 Å². The number of amides is 2. The van der Waals surface area contributed by atoms with Crippen molar-refractivity contribution in [2.45, 2.75) is 32.7 Å². The quantitative estimate of drug-likeness (QED) is 0.822. The minimum absolute atomic E-state index is 0.0320. The van der Waals surface area contributed by atoms with Crippen molar-refractivity contribution in [3.05, 3.63) is 65.7 Å². The van der Waals surface area contributed by atoms with Crippen molar-refractivity contribution >= 4 is 17.5 Å². The second-order valence-corrected chi connectivity index (χ2v) is 7.30. The van der Waals surface area contributed by atoms with E-state index < -0.39 is 0 Å². The van der Waals surface area contributed by atoms with Crippen LogP contribution < -0.4 is 4.90 Å². The molecule has 4 heteroatoms. The van der Waals surface area contributed by atoms with E-state index in [1.54, 1.807) is 9.80 Å². The number of benzene rings is 2. The van der Waals surface area contributed by atoms with Gasteiger partial charge in [-0.2, -0.15) is 0 Å². The van der Waals surface area contributed by atoms with Crippen LogP contribution >= 0.6 is 0 Å². The normalized spacial score (nSPS) is 17.0. The van der Waals surface area contributed by atoms with Crippen LogP contribution in [0.25, 0.3) is 0 Å². The molecule has 1 heterocycles. The molecule has 2 aromatic carbocycles. The second-order valence-electron chi connectivity index (χ2n) is 7.30. The molecule has 0 aliphatic carbocycles. The molecule has 4 nitrogen and oxygen atoms in total. The third-order valence-corrected chi connectivity index (χ3v) is 4.96. The summed E-state index contributed by atoms with van der Waals surface area (Å²) in [6.45, 7) is 5.26. The summed E-state index contributed by atoms with van der Waals surface area (Å²) in [5.41, 5.74) is 3.18. The van der Waals surface area contributed by atoms with Gasteiger partial charge in [0.05, 0.1) is 5.92 Å². The Hall–Kier alpha value is -2.62. The van der Waals surface area contributed by atoms with Gasteiger partial charge in [0.25, 0.3) is 0 Å². The summed E-state index contributed by atoms with van der Waals surface area (Å²) >= 11 is 0. The Bertz CT molecular complexity index is 786. The first-order chi connectivity index (χ1) is 12.5. The highest BCUT2D eigenvalue weighted by atomic mass is 16.2. The molecular formula is C22H26N2O2. The van der Waals surface area contributed by atoms with Gasteiger partial charge in [-0.3, -0.25) is 9.59 Å². The Balaban J connectivity index is 1.72. The van der Waals surface area contributed by atoms with Crippen molar-refractivity contribution in [2.24, 2.45) is 5.92 Å². The SMILES string of the molecule is CC(C)c1ccccc1N1CC(C(=O)N(C)Cc2ccccc2)CC1=O. The summed E-state index contributed by atoms with van der Waals surface area (Å²) in [5, 5.41) is 0. The highest BCUT2D eigenvalue weighted by Gasteiger charge is 2.37. The third kappa shape index (κ3) is 3.79. The van der Waals surface area contributed by atoms with Gasteiger partial charge >= 0.3 is 0 Å². The number of anilines is 1. The van der Waals surface area contributed by atoms with Crippen LogP contribution in [0.2, 0.25) is 0 Å². The second kappa shape index (κ2) is 7.73. The first-order valence-corrected chi connectivity index (χ1v) is 9.15. The van der Waals surface area contributed by atoms with E-state index in [9.17, 15) is 9.59 Å². The average Bonchev–Trinajstić information content (AvgIpc) is 3.03. The van der Waals surface area contributed by atoms with E-state index in [2.05, 4.69) is 19.9 Å². The van der Waals surface area contributed by atoms with Crippen LogP contribution in [0.4, 0.5) is 5.69 Å². The number of carbonyl (C=O) groups is 2. The Morgan fingerprint density at radius 3 is 2.46 bits per heavy atom. The van der Waals surface area contributed by atoms with Crippen LogP contribution in [0, 0.1) is 5.92 Å². The highest BCUT2D eigenvalue weighted by molar-refractivity contribution is 6.00. The van der Waals surface area contributed by atoms with Crippen LogP contribution in [0.5, 0.6) is 0 Å². The summed E-state index contributed by atoms with van der Waals surface area (Å²) in [6.07, 6.45) is 0.282. The van der Waals surface area contributed by atoms with Gasteiger partial charge < -0.3 is 9.80 Å². The van der Waals surface area contributed by atoms with Crippen LogP contribution in [-0.4, -0.2) is 30.3 Å². The lowest BCUT2D eigenvalue weighted by molar-refractivity contribution is -0.135. The molecule has 0 N–H and O–H groups in total. The predicted octanol–water partition coefficient (Wildman–Crippen LogP) is 3.82. The van der Waals surface area contributed by atoms with Crippen molar-refractivity contribution in [3.8, 4) is 0 Å².